The molecule has 0 aliphatic carbocycles. The number of piperazine rings is 1. The number of hydrogen-bond acceptors (Lipinski definition) is 6. The van der Waals surface area contributed by atoms with Crippen LogP contribution < -0.4 is 10.2 Å². The van der Waals surface area contributed by atoms with E-state index in [0.29, 0.717) is 36.7 Å². The maximum absolute atomic E-state index is 13.1. The van der Waals surface area contributed by atoms with Crippen LogP contribution in [0.2, 0.25) is 5.02 Å². The molecule has 0 bridgehead atoms. The molecular formula is C21H20ClFN4O3S2. The largest absolute Gasteiger partial charge is 0.354 e. The van der Waals surface area contributed by atoms with Gasteiger partial charge in [-0.25, -0.2) is 17.8 Å². The number of benzene rings is 1. The average Bonchev–Trinajstić information content (AvgIpc) is 3.26. The van der Waals surface area contributed by atoms with Crippen LogP contribution in [0.3, 0.4) is 0 Å². The lowest BCUT2D eigenvalue weighted by atomic mass is 10.3. The third kappa shape index (κ3) is 5.09. The number of rotatable bonds is 6. The highest BCUT2D eigenvalue weighted by molar-refractivity contribution is 7.91. The van der Waals surface area contributed by atoms with Gasteiger partial charge < -0.3 is 10.2 Å². The van der Waals surface area contributed by atoms with Gasteiger partial charge in [-0.3, -0.25) is 4.79 Å². The van der Waals surface area contributed by atoms with E-state index in [1.54, 1.807) is 12.3 Å². The fourth-order valence-electron chi connectivity index (χ4n) is 3.36. The van der Waals surface area contributed by atoms with Crippen LogP contribution in [-0.4, -0.2) is 49.8 Å². The molecule has 1 fully saturated rings. The number of sulfonamides is 1. The van der Waals surface area contributed by atoms with E-state index in [4.69, 9.17) is 11.6 Å². The lowest BCUT2D eigenvalue weighted by Crippen LogP contribution is -2.48. The standard InChI is InChI=1S/C21H20ClFN4O3S2/c22-17-13-15(23)4-6-18(17)25-20(28)14-16-5-7-21(31-16)32(29,30)27-11-9-26(10-12-27)19-3-1-2-8-24-19/h1-8,13H,9-12,14H2,(H,25,28). The van der Waals surface area contributed by atoms with Gasteiger partial charge in [0.15, 0.2) is 0 Å². The zero-order valence-corrected chi connectivity index (χ0v) is 19.3. The number of anilines is 2. The van der Waals surface area contributed by atoms with E-state index in [0.717, 1.165) is 23.2 Å². The van der Waals surface area contributed by atoms with E-state index in [-0.39, 0.29) is 21.6 Å². The number of nitrogens with one attached hydrogen (secondary N) is 1. The Labute approximate surface area is 194 Å². The van der Waals surface area contributed by atoms with Crippen LogP contribution in [0.15, 0.2) is 58.9 Å². The smallest absolute Gasteiger partial charge is 0.252 e. The van der Waals surface area contributed by atoms with Crippen molar-refractivity contribution in [2.75, 3.05) is 36.4 Å². The maximum atomic E-state index is 13.1. The number of thiophene rings is 1. The van der Waals surface area contributed by atoms with E-state index in [2.05, 4.69) is 15.2 Å². The first-order chi connectivity index (χ1) is 15.3. The van der Waals surface area contributed by atoms with Crippen molar-refractivity contribution in [2.45, 2.75) is 10.6 Å². The average molecular weight is 495 g/mol. The molecule has 0 unspecified atom stereocenters. The summed E-state index contributed by atoms with van der Waals surface area (Å²) in [6, 6.07) is 12.5. The number of hydrogen-bond donors (Lipinski definition) is 1. The van der Waals surface area contributed by atoms with Crippen molar-refractivity contribution < 1.29 is 17.6 Å². The first kappa shape index (κ1) is 22.7. The second kappa shape index (κ2) is 9.53. The van der Waals surface area contributed by atoms with Gasteiger partial charge in [0.05, 0.1) is 17.1 Å². The van der Waals surface area contributed by atoms with Gasteiger partial charge >= 0.3 is 0 Å². The van der Waals surface area contributed by atoms with Crippen molar-refractivity contribution >= 4 is 50.4 Å². The van der Waals surface area contributed by atoms with E-state index in [9.17, 15) is 17.6 Å². The number of nitrogens with zero attached hydrogens (tertiary/aromatic N) is 3. The minimum absolute atomic E-state index is 0.0126. The van der Waals surface area contributed by atoms with E-state index >= 15 is 0 Å². The van der Waals surface area contributed by atoms with E-state index in [1.807, 2.05) is 18.2 Å². The summed E-state index contributed by atoms with van der Waals surface area (Å²) in [5, 5.41) is 2.71. The molecule has 168 valence electrons. The molecule has 0 radical (unpaired) electrons. The molecule has 3 heterocycles. The van der Waals surface area contributed by atoms with Gasteiger partial charge in [-0.05, 0) is 42.5 Å². The number of aromatic nitrogens is 1. The summed E-state index contributed by atoms with van der Waals surface area (Å²) in [4.78, 5) is 19.3. The zero-order valence-electron chi connectivity index (χ0n) is 16.9. The lowest BCUT2D eigenvalue weighted by Gasteiger charge is -2.34. The van der Waals surface area contributed by atoms with Crippen LogP contribution in [0.4, 0.5) is 15.9 Å². The predicted octanol–water partition coefficient (Wildman–Crippen LogP) is 3.63. The Bertz CT molecular complexity index is 1210. The Kier molecular flexibility index (Phi) is 6.75. The third-order valence-corrected chi connectivity index (χ3v) is 8.75. The highest BCUT2D eigenvalue weighted by atomic mass is 35.5. The molecule has 1 N–H and O–H groups in total. The van der Waals surface area contributed by atoms with Crippen molar-refractivity contribution in [1.82, 2.24) is 9.29 Å². The molecule has 4 rings (SSSR count). The minimum Gasteiger partial charge on any atom is -0.354 e. The summed E-state index contributed by atoms with van der Waals surface area (Å²) in [6.07, 6.45) is 1.70. The van der Waals surface area contributed by atoms with Crippen molar-refractivity contribution in [3.63, 3.8) is 0 Å². The molecule has 0 saturated carbocycles. The molecule has 0 spiro atoms. The van der Waals surface area contributed by atoms with Gasteiger partial charge in [0, 0.05) is 37.3 Å². The van der Waals surface area contributed by atoms with Gasteiger partial charge in [-0.15, -0.1) is 11.3 Å². The minimum atomic E-state index is -3.64. The first-order valence-electron chi connectivity index (χ1n) is 9.83. The summed E-state index contributed by atoms with van der Waals surface area (Å²) in [6.45, 7) is 1.82. The first-order valence-corrected chi connectivity index (χ1v) is 12.5. The summed E-state index contributed by atoms with van der Waals surface area (Å²) in [7, 11) is -3.64. The van der Waals surface area contributed by atoms with Crippen LogP contribution in [0.5, 0.6) is 0 Å². The van der Waals surface area contributed by atoms with Gasteiger partial charge in [-0.1, -0.05) is 17.7 Å². The van der Waals surface area contributed by atoms with Crippen LogP contribution >= 0.6 is 22.9 Å². The molecule has 2 aromatic heterocycles. The SMILES string of the molecule is O=C(Cc1ccc(S(=O)(=O)N2CCN(c3ccccn3)CC2)s1)Nc1ccc(F)cc1Cl. The quantitative estimate of drug-likeness (QED) is 0.566. The predicted molar refractivity (Wildman–Crippen MR) is 123 cm³/mol. The molecule has 1 aliphatic rings. The van der Waals surface area contributed by atoms with Gasteiger partial charge in [-0.2, -0.15) is 4.31 Å². The molecule has 7 nitrogen and oxygen atoms in total. The van der Waals surface area contributed by atoms with Crippen molar-refractivity contribution in [2.24, 2.45) is 0 Å². The van der Waals surface area contributed by atoms with Crippen molar-refractivity contribution in [1.29, 1.82) is 0 Å². The molecule has 1 aromatic carbocycles. The number of halogens is 2. The van der Waals surface area contributed by atoms with Crippen molar-refractivity contribution in [3.05, 3.63) is 70.4 Å². The Morgan fingerprint density at radius 3 is 2.59 bits per heavy atom. The monoisotopic (exact) mass is 494 g/mol. The van der Waals surface area contributed by atoms with Crippen LogP contribution in [0.25, 0.3) is 0 Å². The van der Waals surface area contributed by atoms with E-state index < -0.39 is 15.8 Å². The highest BCUT2D eigenvalue weighted by Crippen LogP contribution is 2.28. The molecule has 1 aliphatic heterocycles. The summed E-state index contributed by atoms with van der Waals surface area (Å²) in [5.74, 6) is -0.0366. The molecule has 32 heavy (non-hydrogen) atoms. The second-order valence-electron chi connectivity index (χ2n) is 7.15. The molecule has 11 heteroatoms. The highest BCUT2D eigenvalue weighted by Gasteiger charge is 2.30. The number of carbonyl (C=O) groups is 1. The van der Waals surface area contributed by atoms with Gasteiger partial charge in [0.1, 0.15) is 15.8 Å². The third-order valence-electron chi connectivity index (χ3n) is 4.98. The molecular weight excluding hydrogens is 475 g/mol. The number of amides is 1. The normalized spacial score (nSPS) is 15.0. The van der Waals surface area contributed by atoms with Gasteiger partial charge in [0.2, 0.25) is 5.91 Å². The number of pyridine rings is 1. The van der Waals surface area contributed by atoms with Gasteiger partial charge in [0.25, 0.3) is 10.0 Å². The fraction of sp³-hybridized carbons (Fsp3) is 0.238. The van der Waals surface area contributed by atoms with E-state index in [1.165, 1.54) is 22.5 Å². The molecule has 1 saturated heterocycles. The summed E-state index contributed by atoms with van der Waals surface area (Å²) in [5.41, 5.74) is 0.299. The Balaban J connectivity index is 1.37. The summed E-state index contributed by atoms with van der Waals surface area (Å²) < 4.78 is 40.9. The van der Waals surface area contributed by atoms with Crippen molar-refractivity contribution in [3.8, 4) is 0 Å². The molecule has 3 aromatic rings. The lowest BCUT2D eigenvalue weighted by molar-refractivity contribution is -0.115. The topological polar surface area (TPSA) is 82.6 Å². The number of carbonyl (C=O) groups excluding carboxylic acids is 1. The molecule has 1 amide bonds. The Morgan fingerprint density at radius 1 is 1.12 bits per heavy atom. The van der Waals surface area contributed by atoms with Crippen LogP contribution in [-0.2, 0) is 21.2 Å². The zero-order chi connectivity index (χ0) is 22.7. The Morgan fingerprint density at radius 2 is 1.91 bits per heavy atom. The summed E-state index contributed by atoms with van der Waals surface area (Å²) >= 11 is 7.00. The Hall–Kier alpha value is -2.53. The molecule has 0 atom stereocenters. The van der Waals surface area contributed by atoms with Crippen LogP contribution in [0, 0.1) is 5.82 Å². The second-order valence-corrected chi connectivity index (χ2v) is 10.9. The maximum Gasteiger partial charge on any atom is 0.252 e. The fourth-order valence-corrected chi connectivity index (χ4v) is 6.51. The van der Waals surface area contributed by atoms with Crippen LogP contribution in [0.1, 0.15) is 4.88 Å².